The number of amides is 2. The van der Waals surface area contributed by atoms with Crippen LogP contribution in [0.2, 0.25) is 0 Å². The van der Waals surface area contributed by atoms with Crippen LogP contribution < -0.4 is 10.1 Å². The van der Waals surface area contributed by atoms with Crippen molar-refractivity contribution in [2.24, 2.45) is 0 Å². The number of fused-ring (bicyclic) bond motifs is 1. The van der Waals surface area contributed by atoms with Crippen LogP contribution in [-0.2, 0) is 24.2 Å². The van der Waals surface area contributed by atoms with E-state index in [1.165, 1.54) is 22.5 Å². The Labute approximate surface area is 173 Å². The minimum atomic E-state index is -0.243. The minimum Gasteiger partial charge on any atom is -0.497 e. The fraction of sp³-hybridized carbons (Fsp3) is 0.227. The van der Waals surface area contributed by atoms with Gasteiger partial charge in [0.15, 0.2) is 5.13 Å². The zero-order chi connectivity index (χ0) is 20.2. The Morgan fingerprint density at radius 2 is 1.90 bits per heavy atom. The third-order valence-electron chi connectivity index (χ3n) is 4.94. The van der Waals surface area contributed by atoms with Gasteiger partial charge in [-0.25, -0.2) is 4.98 Å². The molecule has 4 rings (SSSR count). The van der Waals surface area contributed by atoms with Gasteiger partial charge in [-0.05, 0) is 41.8 Å². The Hall–Kier alpha value is -3.19. The van der Waals surface area contributed by atoms with E-state index in [1.54, 1.807) is 31.4 Å². The Morgan fingerprint density at radius 1 is 1.14 bits per heavy atom. The summed E-state index contributed by atoms with van der Waals surface area (Å²) in [5, 5.41) is 5.09. The summed E-state index contributed by atoms with van der Waals surface area (Å²) in [5.41, 5.74) is 3.71. The maximum Gasteiger partial charge on any atom is 0.257 e. The highest BCUT2D eigenvalue weighted by atomic mass is 32.1. The summed E-state index contributed by atoms with van der Waals surface area (Å²) in [6, 6.07) is 15.1. The molecular formula is C22H21N3O3S. The van der Waals surface area contributed by atoms with E-state index in [9.17, 15) is 9.59 Å². The molecule has 0 aliphatic carbocycles. The second kappa shape index (κ2) is 8.45. The van der Waals surface area contributed by atoms with Crippen LogP contribution in [0.25, 0.3) is 0 Å². The molecule has 148 valence electrons. The number of carbonyl (C=O) groups excluding carboxylic acids is 2. The maximum atomic E-state index is 12.7. The van der Waals surface area contributed by atoms with Crippen molar-refractivity contribution in [3.8, 4) is 5.75 Å². The predicted octanol–water partition coefficient (Wildman–Crippen LogP) is 3.53. The van der Waals surface area contributed by atoms with Crippen molar-refractivity contribution < 1.29 is 14.3 Å². The van der Waals surface area contributed by atoms with Crippen LogP contribution >= 0.6 is 11.3 Å². The normalized spacial score (nSPS) is 12.9. The summed E-state index contributed by atoms with van der Waals surface area (Å²) >= 11 is 1.32. The lowest BCUT2D eigenvalue weighted by Crippen LogP contribution is -2.36. The number of benzene rings is 2. The van der Waals surface area contributed by atoms with E-state index in [4.69, 9.17) is 4.74 Å². The summed E-state index contributed by atoms with van der Waals surface area (Å²) in [6.45, 7) is 1.36. The number of methoxy groups -OCH3 is 1. The summed E-state index contributed by atoms with van der Waals surface area (Å²) in [4.78, 5) is 31.3. The standard InChI is InChI=1S/C22H21N3O3S/c1-28-19-8-6-16(7-9-19)21(27)24-22-23-18(14-29-22)12-20(26)25-11-10-15-4-2-3-5-17(15)13-25/h2-9,14H,10-13H2,1H3,(H,23,24,27). The highest BCUT2D eigenvalue weighted by molar-refractivity contribution is 7.14. The highest BCUT2D eigenvalue weighted by Gasteiger charge is 2.21. The van der Waals surface area contributed by atoms with Crippen LogP contribution in [0.1, 0.15) is 27.2 Å². The number of anilines is 1. The molecule has 0 saturated heterocycles. The molecule has 1 aliphatic rings. The van der Waals surface area contributed by atoms with Gasteiger partial charge in [-0.1, -0.05) is 24.3 Å². The lowest BCUT2D eigenvalue weighted by Gasteiger charge is -2.28. The smallest absolute Gasteiger partial charge is 0.257 e. The molecule has 1 N–H and O–H groups in total. The third-order valence-corrected chi connectivity index (χ3v) is 5.75. The number of ether oxygens (including phenoxy) is 1. The number of rotatable bonds is 5. The number of nitrogens with zero attached hydrogens (tertiary/aromatic N) is 2. The second-order valence-corrected chi connectivity index (χ2v) is 7.70. The van der Waals surface area contributed by atoms with E-state index < -0.39 is 0 Å². The maximum absolute atomic E-state index is 12.7. The molecule has 2 aromatic carbocycles. The van der Waals surface area contributed by atoms with Gasteiger partial charge in [-0.3, -0.25) is 14.9 Å². The van der Waals surface area contributed by atoms with Gasteiger partial charge in [-0.15, -0.1) is 11.3 Å². The van der Waals surface area contributed by atoms with Crippen LogP contribution in [0.5, 0.6) is 5.75 Å². The van der Waals surface area contributed by atoms with Crippen molar-refractivity contribution in [2.75, 3.05) is 19.0 Å². The molecule has 3 aromatic rings. The van der Waals surface area contributed by atoms with Gasteiger partial charge in [-0.2, -0.15) is 0 Å². The van der Waals surface area contributed by atoms with E-state index in [1.807, 2.05) is 22.4 Å². The highest BCUT2D eigenvalue weighted by Crippen LogP contribution is 2.21. The molecule has 0 saturated carbocycles. The third kappa shape index (κ3) is 4.46. The van der Waals surface area contributed by atoms with Gasteiger partial charge in [0.2, 0.25) is 5.91 Å². The lowest BCUT2D eigenvalue weighted by molar-refractivity contribution is -0.131. The van der Waals surface area contributed by atoms with Crippen LogP contribution in [0.15, 0.2) is 53.9 Å². The number of hydrogen-bond acceptors (Lipinski definition) is 5. The van der Waals surface area contributed by atoms with Crippen LogP contribution in [-0.4, -0.2) is 35.4 Å². The molecule has 1 aliphatic heterocycles. The number of carbonyl (C=O) groups is 2. The number of thiazole rings is 1. The molecule has 2 heterocycles. The second-order valence-electron chi connectivity index (χ2n) is 6.84. The predicted molar refractivity (Wildman–Crippen MR) is 112 cm³/mol. The molecule has 0 unspecified atom stereocenters. The van der Waals surface area contributed by atoms with Crippen molar-refractivity contribution in [1.29, 1.82) is 0 Å². The molecule has 29 heavy (non-hydrogen) atoms. The van der Waals surface area contributed by atoms with Gasteiger partial charge < -0.3 is 9.64 Å². The van der Waals surface area contributed by atoms with Gasteiger partial charge in [0.1, 0.15) is 5.75 Å². The molecule has 7 heteroatoms. The largest absolute Gasteiger partial charge is 0.497 e. The van der Waals surface area contributed by atoms with Gasteiger partial charge in [0.05, 0.1) is 19.2 Å². The first-order valence-electron chi connectivity index (χ1n) is 9.37. The van der Waals surface area contributed by atoms with Crippen molar-refractivity contribution >= 4 is 28.3 Å². The van der Waals surface area contributed by atoms with E-state index >= 15 is 0 Å². The summed E-state index contributed by atoms with van der Waals surface area (Å²) in [5.74, 6) is 0.502. The first-order chi connectivity index (χ1) is 14.1. The van der Waals surface area contributed by atoms with Crippen molar-refractivity contribution in [2.45, 2.75) is 19.4 Å². The summed E-state index contributed by atoms with van der Waals surface area (Å²) in [6.07, 6.45) is 1.11. The molecule has 0 atom stereocenters. The Morgan fingerprint density at radius 3 is 2.66 bits per heavy atom. The van der Waals surface area contributed by atoms with E-state index in [2.05, 4.69) is 22.4 Å². The number of hydrogen-bond donors (Lipinski definition) is 1. The van der Waals surface area contributed by atoms with Crippen molar-refractivity contribution in [3.63, 3.8) is 0 Å². The van der Waals surface area contributed by atoms with Gasteiger partial charge in [0.25, 0.3) is 5.91 Å². The van der Waals surface area contributed by atoms with Gasteiger partial charge in [0, 0.05) is 24.0 Å². The molecule has 6 nitrogen and oxygen atoms in total. The van der Waals surface area contributed by atoms with E-state index in [0.29, 0.717) is 28.7 Å². The molecule has 1 aromatic heterocycles. The lowest BCUT2D eigenvalue weighted by atomic mass is 10.00. The van der Waals surface area contributed by atoms with Crippen molar-refractivity contribution in [3.05, 3.63) is 76.3 Å². The van der Waals surface area contributed by atoms with Crippen LogP contribution in [0.3, 0.4) is 0 Å². The minimum absolute atomic E-state index is 0.0535. The van der Waals surface area contributed by atoms with Gasteiger partial charge >= 0.3 is 0 Å². The Balaban J connectivity index is 1.35. The van der Waals surface area contributed by atoms with Crippen LogP contribution in [0.4, 0.5) is 5.13 Å². The molecule has 2 amide bonds. The fourth-order valence-corrected chi connectivity index (χ4v) is 4.04. The Kier molecular flexibility index (Phi) is 5.57. The zero-order valence-corrected chi connectivity index (χ0v) is 16.9. The van der Waals surface area contributed by atoms with Crippen LogP contribution in [0, 0.1) is 0 Å². The Bertz CT molecular complexity index is 1030. The monoisotopic (exact) mass is 407 g/mol. The van der Waals surface area contributed by atoms with E-state index in [-0.39, 0.29) is 18.2 Å². The molecule has 0 spiro atoms. The fourth-order valence-electron chi connectivity index (χ4n) is 3.33. The number of aromatic nitrogens is 1. The average Bonchev–Trinajstić information content (AvgIpc) is 3.20. The first kappa shape index (κ1) is 19.1. The topological polar surface area (TPSA) is 71.5 Å². The SMILES string of the molecule is COc1ccc(C(=O)Nc2nc(CC(=O)N3CCc4ccccc4C3)cs2)cc1. The zero-order valence-electron chi connectivity index (χ0n) is 16.1. The average molecular weight is 407 g/mol. The molecule has 0 fully saturated rings. The molecule has 0 radical (unpaired) electrons. The molecular weight excluding hydrogens is 386 g/mol. The summed E-state index contributed by atoms with van der Waals surface area (Å²) in [7, 11) is 1.58. The van der Waals surface area contributed by atoms with E-state index in [0.717, 1.165) is 13.0 Å². The summed E-state index contributed by atoms with van der Waals surface area (Å²) < 4.78 is 5.10. The number of nitrogens with one attached hydrogen (secondary N) is 1. The van der Waals surface area contributed by atoms with Crippen molar-refractivity contribution in [1.82, 2.24) is 9.88 Å². The first-order valence-corrected chi connectivity index (χ1v) is 10.2. The molecule has 0 bridgehead atoms. The quantitative estimate of drug-likeness (QED) is 0.702.